The summed E-state index contributed by atoms with van der Waals surface area (Å²) in [4.78, 5) is 0. The number of hydrogen-bond acceptors (Lipinski definition) is 3. The Morgan fingerprint density at radius 1 is 1.60 bits per heavy atom. The zero-order valence-corrected chi connectivity index (χ0v) is 10.7. The number of halogens is 1. The van der Waals surface area contributed by atoms with Gasteiger partial charge in [-0.1, -0.05) is 0 Å². The van der Waals surface area contributed by atoms with Gasteiger partial charge >= 0.3 is 0 Å². The molecule has 0 aliphatic heterocycles. The molecule has 1 rings (SSSR count). The summed E-state index contributed by atoms with van der Waals surface area (Å²) in [6, 6.07) is 0.357. The molecule has 1 aromatic heterocycles. The maximum atomic E-state index is 9.09. The molecule has 1 aromatic rings. The second-order valence-electron chi connectivity index (χ2n) is 3.87. The van der Waals surface area contributed by atoms with Gasteiger partial charge in [-0.2, -0.15) is 5.10 Å². The molecule has 5 heteroatoms. The molecule has 4 nitrogen and oxygen atoms in total. The van der Waals surface area contributed by atoms with Gasteiger partial charge in [-0.15, -0.1) is 0 Å². The first-order chi connectivity index (χ1) is 7.08. The highest BCUT2D eigenvalue weighted by Crippen LogP contribution is 2.06. The summed E-state index contributed by atoms with van der Waals surface area (Å²) >= 11 is 3.36. The number of aliphatic hydroxyl groups excluding tert-OH is 1. The maximum Gasteiger partial charge on any atom is 0.0632 e. The third-order valence-electron chi connectivity index (χ3n) is 2.12. The summed E-state index contributed by atoms with van der Waals surface area (Å²) in [5.41, 5.74) is 0. The van der Waals surface area contributed by atoms with Crippen LogP contribution in [0.15, 0.2) is 16.9 Å². The van der Waals surface area contributed by atoms with E-state index >= 15 is 0 Å². The third-order valence-corrected chi connectivity index (χ3v) is 2.53. The third kappa shape index (κ3) is 5.30. The van der Waals surface area contributed by atoms with Crippen molar-refractivity contribution in [1.82, 2.24) is 15.1 Å². The van der Waals surface area contributed by atoms with E-state index in [9.17, 15) is 0 Å². The highest BCUT2D eigenvalue weighted by Gasteiger charge is 2.04. The highest BCUT2D eigenvalue weighted by molar-refractivity contribution is 9.10. The predicted octanol–water partition coefficient (Wildman–Crippen LogP) is 1.39. The van der Waals surface area contributed by atoms with Crippen LogP contribution in [0.5, 0.6) is 0 Å². The number of aliphatic hydroxyl groups is 1. The van der Waals surface area contributed by atoms with Crippen LogP contribution in [0.25, 0.3) is 0 Å². The van der Waals surface area contributed by atoms with Crippen LogP contribution in [-0.4, -0.2) is 33.6 Å². The predicted molar refractivity (Wildman–Crippen MR) is 63.7 cm³/mol. The molecule has 86 valence electrons. The Morgan fingerprint density at radius 3 is 2.87 bits per heavy atom. The molecule has 0 aliphatic carbocycles. The first kappa shape index (κ1) is 12.7. The Balaban J connectivity index is 2.21. The van der Waals surface area contributed by atoms with Crippen molar-refractivity contribution in [2.24, 2.45) is 0 Å². The molecule has 0 saturated carbocycles. The highest BCUT2D eigenvalue weighted by atomic mass is 79.9. The summed E-state index contributed by atoms with van der Waals surface area (Å²) in [5, 5.41) is 16.6. The van der Waals surface area contributed by atoms with Crippen molar-refractivity contribution in [3.63, 3.8) is 0 Å². The van der Waals surface area contributed by atoms with E-state index in [0.29, 0.717) is 6.04 Å². The van der Waals surface area contributed by atoms with E-state index in [1.807, 2.05) is 10.9 Å². The average molecular weight is 276 g/mol. The van der Waals surface area contributed by atoms with Crippen LogP contribution in [0.1, 0.15) is 20.3 Å². The minimum Gasteiger partial charge on any atom is -0.393 e. The van der Waals surface area contributed by atoms with Crippen LogP contribution in [0.3, 0.4) is 0 Å². The molecule has 0 fully saturated rings. The van der Waals surface area contributed by atoms with Gasteiger partial charge in [-0.05, 0) is 42.7 Å². The average Bonchev–Trinajstić information content (AvgIpc) is 2.50. The van der Waals surface area contributed by atoms with Crippen LogP contribution >= 0.6 is 15.9 Å². The van der Waals surface area contributed by atoms with Gasteiger partial charge in [-0.3, -0.25) is 4.68 Å². The SMILES string of the molecule is CC(O)CCNC(C)Cn1cc(Br)cn1. The quantitative estimate of drug-likeness (QED) is 0.825. The van der Waals surface area contributed by atoms with E-state index in [4.69, 9.17) is 5.11 Å². The zero-order valence-electron chi connectivity index (χ0n) is 9.15. The molecule has 2 unspecified atom stereocenters. The van der Waals surface area contributed by atoms with E-state index in [1.165, 1.54) is 0 Å². The summed E-state index contributed by atoms with van der Waals surface area (Å²) in [6.45, 7) is 5.58. The smallest absolute Gasteiger partial charge is 0.0632 e. The molecule has 2 N–H and O–H groups in total. The van der Waals surface area contributed by atoms with Gasteiger partial charge in [-0.25, -0.2) is 0 Å². The van der Waals surface area contributed by atoms with Crippen molar-refractivity contribution in [3.8, 4) is 0 Å². The number of hydrogen-bond donors (Lipinski definition) is 2. The molecular formula is C10H18BrN3O. The van der Waals surface area contributed by atoms with Crippen LogP contribution in [-0.2, 0) is 6.54 Å². The fourth-order valence-electron chi connectivity index (χ4n) is 1.32. The summed E-state index contributed by atoms with van der Waals surface area (Å²) in [5.74, 6) is 0. The van der Waals surface area contributed by atoms with Crippen molar-refractivity contribution in [2.75, 3.05) is 6.54 Å². The molecular weight excluding hydrogens is 258 g/mol. The van der Waals surface area contributed by atoms with Crippen LogP contribution in [0.4, 0.5) is 0 Å². The molecule has 0 aliphatic rings. The van der Waals surface area contributed by atoms with Crippen molar-refractivity contribution < 1.29 is 5.11 Å². The second-order valence-corrected chi connectivity index (χ2v) is 4.79. The van der Waals surface area contributed by atoms with E-state index in [2.05, 4.69) is 33.3 Å². The zero-order chi connectivity index (χ0) is 11.3. The maximum absolute atomic E-state index is 9.09. The normalized spacial score (nSPS) is 15.2. The minimum absolute atomic E-state index is 0.233. The van der Waals surface area contributed by atoms with E-state index < -0.39 is 0 Å². The lowest BCUT2D eigenvalue weighted by Crippen LogP contribution is -2.32. The molecule has 0 aromatic carbocycles. The van der Waals surface area contributed by atoms with Gasteiger partial charge in [0.1, 0.15) is 0 Å². The van der Waals surface area contributed by atoms with Gasteiger partial charge in [0, 0.05) is 12.2 Å². The van der Waals surface area contributed by atoms with Gasteiger partial charge < -0.3 is 10.4 Å². The van der Waals surface area contributed by atoms with Crippen molar-refractivity contribution in [1.29, 1.82) is 0 Å². The van der Waals surface area contributed by atoms with Crippen molar-refractivity contribution >= 4 is 15.9 Å². The Hall–Kier alpha value is -0.390. The molecule has 1 heterocycles. The Bertz CT molecular complexity index is 288. The topological polar surface area (TPSA) is 50.1 Å². The molecule has 0 amide bonds. The molecule has 0 radical (unpaired) electrons. The van der Waals surface area contributed by atoms with E-state index in [0.717, 1.165) is 24.0 Å². The lowest BCUT2D eigenvalue weighted by atomic mass is 10.2. The fourth-order valence-corrected chi connectivity index (χ4v) is 1.65. The van der Waals surface area contributed by atoms with Gasteiger partial charge in [0.05, 0.1) is 23.3 Å². The van der Waals surface area contributed by atoms with E-state index in [-0.39, 0.29) is 6.10 Å². The van der Waals surface area contributed by atoms with Gasteiger partial charge in [0.15, 0.2) is 0 Å². The summed E-state index contributed by atoms with van der Waals surface area (Å²) in [6.07, 6.45) is 4.28. The van der Waals surface area contributed by atoms with Crippen molar-refractivity contribution in [2.45, 2.75) is 39.0 Å². The minimum atomic E-state index is -0.233. The van der Waals surface area contributed by atoms with Crippen LogP contribution in [0.2, 0.25) is 0 Å². The first-order valence-corrected chi connectivity index (χ1v) is 5.96. The van der Waals surface area contributed by atoms with E-state index in [1.54, 1.807) is 13.1 Å². The number of nitrogens with one attached hydrogen (secondary N) is 1. The Labute approximate surface area is 98.8 Å². The van der Waals surface area contributed by atoms with Crippen molar-refractivity contribution in [3.05, 3.63) is 16.9 Å². The van der Waals surface area contributed by atoms with Crippen LogP contribution < -0.4 is 5.32 Å². The molecule has 15 heavy (non-hydrogen) atoms. The molecule has 2 atom stereocenters. The number of rotatable bonds is 6. The van der Waals surface area contributed by atoms with Gasteiger partial charge in [0.2, 0.25) is 0 Å². The second kappa shape index (κ2) is 6.25. The number of nitrogens with zero attached hydrogens (tertiary/aromatic N) is 2. The van der Waals surface area contributed by atoms with Crippen LogP contribution in [0, 0.1) is 0 Å². The summed E-state index contributed by atoms with van der Waals surface area (Å²) < 4.78 is 2.89. The Morgan fingerprint density at radius 2 is 2.33 bits per heavy atom. The monoisotopic (exact) mass is 275 g/mol. The fraction of sp³-hybridized carbons (Fsp3) is 0.700. The van der Waals surface area contributed by atoms with Gasteiger partial charge in [0.25, 0.3) is 0 Å². The Kier molecular flexibility index (Phi) is 5.28. The first-order valence-electron chi connectivity index (χ1n) is 5.17. The standard InChI is InChI=1S/C10H18BrN3O/c1-8(12-4-3-9(2)15)6-14-7-10(11)5-13-14/h5,7-9,12,15H,3-4,6H2,1-2H3. The molecule has 0 bridgehead atoms. The molecule has 0 saturated heterocycles. The lowest BCUT2D eigenvalue weighted by molar-refractivity contribution is 0.182. The summed E-state index contributed by atoms with van der Waals surface area (Å²) in [7, 11) is 0. The number of aromatic nitrogens is 2. The lowest BCUT2D eigenvalue weighted by Gasteiger charge is -2.14. The largest absolute Gasteiger partial charge is 0.393 e. The molecule has 0 spiro atoms.